The Morgan fingerprint density at radius 3 is 2.08 bits per heavy atom. The van der Waals surface area contributed by atoms with Crippen LogP contribution in [0.4, 0.5) is 0 Å². The Hall–Kier alpha value is -0.680. The maximum Gasteiger partial charge on any atom is 0.234 e. The summed E-state index contributed by atoms with van der Waals surface area (Å²) in [5, 5.41) is 0. The van der Waals surface area contributed by atoms with E-state index < -0.39 is 0 Å². The van der Waals surface area contributed by atoms with Crippen LogP contribution in [0.5, 0.6) is 0 Å². The number of nitrogens with zero attached hydrogens (tertiary/aromatic N) is 1. The zero-order valence-corrected chi connectivity index (χ0v) is 9.10. The molecule has 0 saturated heterocycles. The molecule has 4 nitrogen and oxygen atoms in total. The maximum atomic E-state index is 10.9. The number of thiocarbonyl (C=S) groups is 1. The highest BCUT2D eigenvalue weighted by molar-refractivity contribution is 7.80. The first-order chi connectivity index (χ1) is 5.86. The summed E-state index contributed by atoms with van der Waals surface area (Å²) in [4.78, 5) is 13.2. The second-order valence-electron chi connectivity index (χ2n) is 3.31. The molecule has 0 aliphatic heterocycles. The predicted octanol–water partition coefficient (Wildman–Crippen LogP) is -0.143. The van der Waals surface area contributed by atoms with Crippen LogP contribution in [0, 0.1) is 0 Å². The minimum atomic E-state index is -0.357. The normalized spacial score (nSPS) is 13.3. The zero-order chi connectivity index (χ0) is 10.6. The van der Waals surface area contributed by atoms with Crippen molar-refractivity contribution in [2.24, 2.45) is 11.5 Å². The molecule has 1 atom stereocenters. The predicted molar refractivity (Wildman–Crippen MR) is 57.3 cm³/mol. The van der Waals surface area contributed by atoms with E-state index >= 15 is 0 Å². The largest absolute Gasteiger partial charge is 0.392 e. The highest BCUT2D eigenvalue weighted by Gasteiger charge is 2.21. The van der Waals surface area contributed by atoms with Gasteiger partial charge in [-0.2, -0.15) is 0 Å². The third-order valence-electron chi connectivity index (χ3n) is 1.91. The van der Waals surface area contributed by atoms with E-state index in [2.05, 4.69) is 0 Å². The lowest BCUT2D eigenvalue weighted by atomic mass is 10.2. The summed E-state index contributed by atoms with van der Waals surface area (Å²) >= 11 is 4.78. The van der Waals surface area contributed by atoms with E-state index in [0.29, 0.717) is 11.5 Å². The summed E-state index contributed by atoms with van der Waals surface area (Å²) in [5.74, 6) is -0.357. The first-order valence-electron chi connectivity index (χ1n) is 4.19. The number of rotatable bonds is 5. The number of amides is 1. The Balaban J connectivity index is 4.41. The molecule has 0 aromatic heterocycles. The molecule has 1 amide bonds. The van der Waals surface area contributed by atoms with Gasteiger partial charge in [0.2, 0.25) is 5.91 Å². The van der Waals surface area contributed by atoms with Crippen LogP contribution in [0.3, 0.4) is 0 Å². The van der Waals surface area contributed by atoms with Crippen molar-refractivity contribution in [1.29, 1.82) is 0 Å². The Morgan fingerprint density at radius 2 is 1.85 bits per heavy atom. The molecule has 0 bridgehead atoms. The Bertz CT molecular complexity index is 206. The highest BCUT2D eigenvalue weighted by Crippen LogP contribution is 2.04. The van der Waals surface area contributed by atoms with Gasteiger partial charge in [0.25, 0.3) is 0 Å². The molecule has 0 spiro atoms. The van der Waals surface area contributed by atoms with Gasteiger partial charge < -0.3 is 11.5 Å². The molecule has 5 heteroatoms. The second kappa shape index (κ2) is 5.14. The van der Waals surface area contributed by atoms with Gasteiger partial charge in [0, 0.05) is 12.6 Å². The lowest BCUT2D eigenvalue weighted by Crippen LogP contribution is -2.49. The summed E-state index contributed by atoms with van der Waals surface area (Å²) in [6, 6.07) is -0.134. The van der Waals surface area contributed by atoms with Crippen LogP contribution < -0.4 is 11.5 Å². The Labute approximate surface area is 84.3 Å². The van der Waals surface area contributed by atoms with Crippen molar-refractivity contribution in [1.82, 2.24) is 4.90 Å². The van der Waals surface area contributed by atoms with Crippen LogP contribution >= 0.6 is 12.2 Å². The SMILES string of the molecule is CC(C)N(CC(N)=S)C(C)C(N)=O. The standard InChI is InChI=1S/C8H17N3OS/c1-5(2)11(4-7(9)13)6(3)8(10)12/h5-6H,4H2,1-3H3,(H2,9,13)(H2,10,12). The van der Waals surface area contributed by atoms with Gasteiger partial charge in [0.15, 0.2) is 0 Å². The fraction of sp³-hybridized carbons (Fsp3) is 0.750. The summed E-state index contributed by atoms with van der Waals surface area (Å²) in [7, 11) is 0. The van der Waals surface area contributed by atoms with Crippen LogP contribution in [0.1, 0.15) is 20.8 Å². The number of carbonyl (C=O) groups excluding carboxylic acids is 1. The number of carbonyl (C=O) groups is 1. The second-order valence-corrected chi connectivity index (χ2v) is 3.84. The molecule has 0 aliphatic rings. The van der Waals surface area contributed by atoms with E-state index in [9.17, 15) is 4.79 Å². The van der Waals surface area contributed by atoms with Crippen LogP contribution in [0.2, 0.25) is 0 Å². The lowest BCUT2D eigenvalue weighted by Gasteiger charge is -2.30. The molecular weight excluding hydrogens is 186 g/mol. The van der Waals surface area contributed by atoms with Crippen molar-refractivity contribution in [3.05, 3.63) is 0 Å². The molecule has 0 aliphatic carbocycles. The maximum absolute atomic E-state index is 10.9. The molecule has 76 valence electrons. The molecule has 1 unspecified atom stereocenters. The minimum absolute atomic E-state index is 0.198. The minimum Gasteiger partial charge on any atom is -0.392 e. The number of hydrogen-bond acceptors (Lipinski definition) is 3. The van der Waals surface area contributed by atoms with Gasteiger partial charge in [-0.3, -0.25) is 9.69 Å². The molecule has 0 rings (SSSR count). The molecule has 0 heterocycles. The van der Waals surface area contributed by atoms with Crippen molar-refractivity contribution in [3.63, 3.8) is 0 Å². The van der Waals surface area contributed by atoms with Crippen molar-refractivity contribution in [2.45, 2.75) is 32.9 Å². The average molecular weight is 203 g/mol. The van der Waals surface area contributed by atoms with E-state index in [0.717, 1.165) is 0 Å². The average Bonchev–Trinajstić information content (AvgIpc) is 1.97. The van der Waals surface area contributed by atoms with Crippen molar-refractivity contribution in [3.8, 4) is 0 Å². The molecule has 0 aromatic carbocycles. The first kappa shape index (κ1) is 12.3. The third kappa shape index (κ3) is 4.19. The quantitative estimate of drug-likeness (QED) is 0.610. The fourth-order valence-electron chi connectivity index (χ4n) is 1.11. The fourth-order valence-corrected chi connectivity index (χ4v) is 1.26. The molecule has 0 aromatic rings. The van der Waals surface area contributed by atoms with Gasteiger partial charge in [0.05, 0.1) is 11.0 Å². The molecule has 4 N–H and O–H groups in total. The number of hydrogen-bond donors (Lipinski definition) is 2. The molecular formula is C8H17N3OS. The summed E-state index contributed by atoms with van der Waals surface area (Å²) in [6.45, 7) is 6.12. The van der Waals surface area contributed by atoms with Crippen molar-refractivity contribution >= 4 is 23.1 Å². The monoisotopic (exact) mass is 203 g/mol. The summed E-state index contributed by atoms with van der Waals surface area (Å²) in [6.07, 6.45) is 0. The number of nitrogens with two attached hydrogens (primary N) is 2. The van der Waals surface area contributed by atoms with Gasteiger partial charge in [-0.05, 0) is 20.8 Å². The van der Waals surface area contributed by atoms with Crippen LogP contribution in [-0.4, -0.2) is 34.4 Å². The smallest absolute Gasteiger partial charge is 0.234 e. The summed E-state index contributed by atoms with van der Waals surface area (Å²) < 4.78 is 0. The van der Waals surface area contributed by atoms with E-state index in [1.54, 1.807) is 6.92 Å². The first-order valence-corrected chi connectivity index (χ1v) is 4.60. The van der Waals surface area contributed by atoms with Gasteiger partial charge in [-0.1, -0.05) is 12.2 Å². The lowest BCUT2D eigenvalue weighted by molar-refractivity contribution is -0.123. The van der Waals surface area contributed by atoms with Crippen LogP contribution in [0.15, 0.2) is 0 Å². The van der Waals surface area contributed by atoms with Gasteiger partial charge in [-0.25, -0.2) is 0 Å². The third-order valence-corrected chi connectivity index (χ3v) is 2.04. The van der Waals surface area contributed by atoms with E-state index in [-0.39, 0.29) is 18.0 Å². The molecule has 13 heavy (non-hydrogen) atoms. The van der Waals surface area contributed by atoms with Gasteiger partial charge in [0.1, 0.15) is 0 Å². The molecule has 0 saturated carbocycles. The van der Waals surface area contributed by atoms with Crippen molar-refractivity contribution in [2.75, 3.05) is 6.54 Å². The zero-order valence-electron chi connectivity index (χ0n) is 8.28. The van der Waals surface area contributed by atoms with Gasteiger partial charge >= 0.3 is 0 Å². The summed E-state index contributed by atoms with van der Waals surface area (Å²) in [5.41, 5.74) is 10.6. The topological polar surface area (TPSA) is 72.3 Å². The van der Waals surface area contributed by atoms with Crippen LogP contribution in [0.25, 0.3) is 0 Å². The van der Waals surface area contributed by atoms with Crippen molar-refractivity contribution < 1.29 is 4.79 Å². The molecule has 0 fully saturated rings. The van der Waals surface area contributed by atoms with Crippen LogP contribution in [-0.2, 0) is 4.79 Å². The Morgan fingerprint density at radius 1 is 1.38 bits per heavy atom. The molecule has 0 radical (unpaired) electrons. The van der Waals surface area contributed by atoms with E-state index in [4.69, 9.17) is 23.7 Å². The van der Waals surface area contributed by atoms with Gasteiger partial charge in [-0.15, -0.1) is 0 Å². The van der Waals surface area contributed by atoms with E-state index in [1.165, 1.54) is 0 Å². The Kier molecular flexibility index (Phi) is 4.87. The number of primary amides is 1. The highest BCUT2D eigenvalue weighted by atomic mass is 32.1. The van der Waals surface area contributed by atoms with E-state index in [1.807, 2.05) is 18.7 Å².